The molecule has 3 aromatic rings. The monoisotopic (exact) mass is 396 g/mol. The van der Waals surface area contributed by atoms with Gasteiger partial charge in [0.05, 0.1) is 16.4 Å². The van der Waals surface area contributed by atoms with Gasteiger partial charge < -0.3 is 10.2 Å². The molecule has 1 amide bonds. The van der Waals surface area contributed by atoms with Gasteiger partial charge in [0.25, 0.3) is 5.91 Å². The Morgan fingerprint density at radius 3 is 2.76 bits per heavy atom. The van der Waals surface area contributed by atoms with Gasteiger partial charge in [-0.2, -0.15) is 4.52 Å². The Hall–Kier alpha value is -1.90. The molecule has 1 aliphatic heterocycles. The SMILES string of the molecule is O=C(NCc1nnc2ccc(N3CCCC3)nn12)c1cc(Cl)sc1Cl. The van der Waals surface area contributed by atoms with Crippen molar-refractivity contribution in [3.8, 4) is 0 Å². The molecular formula is C15H14Cl2N6OS. The Bertz CT molecular complexity index is 933. The van der Waals surface area contributed by atoms with Crippen molar-refractivity contribution in [2.24, 2.45) is 0 Å². The maximum absolute atomic E-state index is 12.3. The molecule has 0 spiro atoms. The molecule has 4 rings (SSSR count). The lowest BCUT2D eigenvalue weighted by atomic mass is 10.3. The van der Waals surface area contributed by atoms with Crippen LogP contribution in [0.2, 0.25) is 8.67 Å². The fourth-order valence-corrected chi connectivity index (χ4v) is 4.26. The fourth-order valence-electron chi connectivity index (χ4n) is 2.80. The smallest absolute Gasteiger partial charge is 0.254 e. The van der Waals surface area contributed by atoms with Gasteiger partial charge in [-0.25, -0.2) is 0 Å². The molecule has 1 N–H and O–H groups in total. The van der Waals surface area contributed by atoms with Crippen LogP contribution in [0.3, 0.4) is 0 Å². The lowest BCUT2D eigenvalue weighted by Gasteiger charge is -2.15. The van der Waals surface area contributed by atoms with E-state index in [0.717, 1.165) is 30.2 Å². The summed E-state index contributed by atoms with van der Waals surface area (Å²) < 4.78 is 2.50. The summed E-state index contributed by atoms with van der Waals surface area (Å²) in [5.74, 6) is 1.15. The largest absolute Gasteiger partial charge is 0.355 e. The van der Waals surface area contributed by atoms with Gasteiger partial charge >= 0.3 is 0 Å². The van der Waals surface area contributed by atoms with Gasteiger partial charge in [-0.15, -0.1) is 26.6 Å². The highest BCUT2D eigenvalue weighted by Crippen LogP contribution is 2.31. The van der Waals surface area contributed by atoms with Crippen LogP contribution in [0.5, 0.6) is 0 Å². The number of nitrogens with one attached hydrogen (secondary N) is 1. The molecule has 3 aromatic heterocycles. The quantitative estimate of drug-likeness (QED) is 0.733. The van der Waals surface area contributed by atoms with Crippen molar-refractivity contribution in [3.63, 3.8) is 0 Å². The van der Waals surface area contributed by atoms with Crippen molar-refractivity contribution < 1.29 is 4.79 Å². The molecular weight excluding hydrogens is 383 g/mol. The highest BCUT2D eigenvalue weighted by atomic mass is 35.5. The van der Waals surface area contributed by atoms with Crippen LogP contribution in [0.4, 0.5) is 5.82 Å². The Morgan fingerprint density at radius 1 is 1.24 bits per heavy atom. The van der Waals surface area contributed by atoms with Crippen molar-refractivity contribution in [2.45, 2.75) is 19.4 Å². The molecule has 0 aromatic carbocycles. The maximum atomic E-state index is 12.3. The number of thiophene rings is 1. The highest BCUT2D eigenvalue weighted by molar-refractivity contribution is 7.20. The second kappa shape index (κ2) is 6.78. The average molecular weight is 397 g/mol. The van der Waals surface area contributed by atoms with Crippen LogP contribution in [-0.2, 0) is 6.54 Å². The fraction of sp³-hybridized carbons (Fsp3) is 0.333. The number of halogens is 2. The summed E-state index contributed by atoms with van der Waals surface area (Å²) in [6.07, 6.45) is 2.35. The van der Waals surface area contributed by atoms with Crippen molar-refractivity contribution >= 4 is 51.9 Å². The minimum atomic E-state index is -0.305. The van der Waals surface area contributed by atoms with E-state index in [2.05, 4.69) is 25.5 Å². The lowest BCUT2D eigenvalue weighted by Crippen LogP contribution is -2.24. The molecule has 0 radical (unpaired) electrons. The standard InChI is InChI=1S/C15H14Cl2N6OS/c16-10-7-9(14(17)25-10)15(24)18-8-13-20-19-11-3-4-12(21-23(11)13)22-5-1-2-6-22/h3-4,7H,1-2,5-6,8H2,(H,18,24). The van der Waals surface area contributed by atoms with Crippen molar-refractivity contribution in [1.29, 1.82) is 0 Å². The molecule has 0 aliphatic carbocycles. The van der Waals surface area contributed by atoms with Crippen LogP contribution in [0.1, 0.15) is 29.0 Å². The number of anilines is 1. The molecule has 0 unspecified atom stereocenters. The van der Waals surface area contributed by atoms with E-state index in [9.17, 15) is 4.79 Å². The second-order valence-electron chi connectivity index (χ2n) is 5.69. The Kier molecular flexibility index (Phi) is 4.49. The van der Waals surface area contributed by atoms with E-state index in [0.29, 0.717) is 25.7 Å². The van der Waals surface area contributed by atoms with Crippen molar-refractivity contribution in [2.75, 3.05) is 18.0 Å². The number of carbonyl (C=O) groups is 1. The normalized spacial score (nSPS) is 14.4. The minimum absolute atomic E-state index is 0.195. The van der Waals surface area contributed by atoms with Crippen molar-refractivity contribution in [3.05, 3.63) is 38.3 Å². The molecule has 1 saturated heterocycles. The van der Waals surface area contributed by atoms with Gasteiger partial charge in [0.15, 0.2) is 11.5 Å². The zero-order valence-corrected chi connectivity index (χ0v) is 15.4. The zero-order valence-electron chi connectivity index (χ0n) is 13.1. The molecule has 4 heterocycles. The number of aromatic nitrogens is 4. The van der Waals surface area contributed by atoms with Crippen LogP contribution < -0.4 is 10.2 Å². The number of nitrogens with zero attached hydrogens (tertiary/aromatic N) is 5. The minimum Gasteiger partial charge on any atom is -0.355 e. The Labute approximate surface area is 157 Å². The number of amides is 1. The van der Waals surface area contributed by atoms with Gasteiger partial charge in [-0.1, -0.05) is 23.2 Å². The van der Waals surface area contributed by atoms with E-state index in [1.165, 1.54) is 12.8 Å². The highest BCUT2D eigenvalue weighted by Gasteiger charge is 2.17. The number of carbonyl (C=O) groups excluding carboxylic acids is 1. The van der Waals surface area contributed by atoms with E-state index >= 15 is 0 Å². The first kappa shape index (κ1) is 16.6. The van der Waals surface area contributed by atoms with E-state index in [-0.39, 0.29) is 12.5 Å². The third kappa shape index (κ3) is 3.29. The molecule has 0 saturated carbocycles. The van der Waals surface area contributed by atoms with Gasteiger partial charge in [0.2, 0.25) is 0 Å². The summed E-state index contributed by atoms with van der Waals surface area (Å²) in [6, 6.07) is 5.38. The maximum Gasteiger partial charge on any atom is 0.254 e. The number of rotatable bonds is 4. The van der Waals surface area contributed by atoms with E-state index < -0.39 is 0 Å². The first-order valence-corrected chi connectivity index (χ1v) is 9.38. The third-order valence-electron chi connectivity index (χ3n) is 4.05. The van der Waals surface area contributed by atoms with Gasteiger partial charge in [-0.3, -0.25) is 4.79 Å². The first-order valence-electron chi connectivity index (χ1n) is 7.81. The number of hydrogen-bond acceptors (Lipinski definition) is 6. The number of fused-ring (bicyclic) bond motifs is 1. The van der Waals surface area contributed by atoms with Gasteiger partial charge in [0, 0.05) is 13.1 Å². The summed E-state index contributed by atoms with van der Waals surface area (Å²) in [5, 5.41) is 15.6. The zero-order chi connectivity index (χ0) is 17.4. The average Bonchev–Trinajstić information content (AvgIpc) is 3.32. The van der Waals surface area contributed by atoms with Crippen LogP contribution in [0.15, 0.2) is 18.2 Å². The summed E-state index contributed by atoms with van der Waals surface area (Å²) in [6.45, 7) is 2.20. The van der Waals surface area contributed by atoms with Crippen LogP contribution in [0, 0.1) is 0 Å². The predicted octanol–water partition coefficient (Wildman–Crippen LogP) is 3.02. The first-order chi connectivity index (χ1) is 12.1. The Morgan fingerprint density at radius 2 is 2.04 bits per heavy atom. The van der Waals surface area contributed by atoms with E-state index in [4.69, 9.17) is 23.2 Å². The van der Waals surface area contributed by atoms with Gasteiger partial charge in [0.1, 0.15) is 10.2 Å². The molecule has 7 nitrogen and oxygen atoms in total. The Balaban J connectivity index is 1.53. The predicted molar refractivity (Wildman–Crippen MR) is 97.7 cm³/mol. The molecule has 1 fully saturated rings. The third-order valence-corrected chi connectivity index (χ3v) is 5.54. The van der Waals surface area contributed by atoms with Crippen LogP contribution in [-0.4, -0.2) is 38.8 Å². The van der Waals surface area contributed by atoms with E-state index in [1.807, 2.05) is 12.1 Å². The topological polar surface area (TPSA) is 75.4 Å². The molecule has 0 atom stereocenters. The molecule has 1 aliphatic rings. The van der Waals surface area contributed by atoms with Crippen molar-refractivity contribution in [1.82, 2.24) is 25.1 Å². The summed E-state index contributed by atoms with van der Waals surface area (Å²) >= 11 is 13.0. The second-order valence-corrected chi connectivity index (χ2v) is 7.98. The molecule has 25 heavy (non-hydrogen) atoms. The summed E-state index contributed by atoms with van der Waals surface area (Å²) in [7, 11) is 0. The molecule has 0 bridgehead atoms. The lowest BCUT2D eigenvalue weighted by molar-refractivity contribution is 0.0950. The van der Waals surface area contributed by atoms with Crippen LogP contribution in [0.25, 0.3) is 5.65 Å². The molecule has 10 heteroatoms. The molecule has 130 valence electrons. The number of hydrogen-bond donors (Lipinski definition) is 1. The summed E-state index contributed by atoms with van der Waals surface area (Å²) in [4.78, 5) is 14.5. The van der Waals surface area contributed by atoms with E-state index in [1.54, 1.807) is 10.6 Å². The van der Waals surface area contributed by atoms with Crippen LogP contribution >= 0.6 is 34.5 Å². The van der Waals surface area contributed by atoms with Gasteiger partial charge in [-0.05, 0) is 31.0 Å². The summed E-state index contributed by atoms with van der Waals surface area (Å²) in [5.41, 5.74) is 1.00.